The summed E-state index contributed by atoms with van der Waals surface area (Å²) in [6.07, 6.45) is 13.0. The SMILES string of the molecule is O=S(=O)([O-])c1ccc(OS(=O)(=O)c2c(C3CCCC3)cc(C3CCCC3)cc2C2CCCC2)c2ccccc12. The molecule has 0 spiro atoms. The first-order valence-electron chi connectivity index (χ1n) is 14.3. The van der Waals surface area contributed by atoms with Crippen molar-refractivity contribution in [3.63, 3.8) is 0 Å². The molecule has 39 heavy (non-hydrogen) atoms. The first-order valence-corrected chi connectivity index (χ1v) is 17.1. The third kappa shape index (κ3) is 5.23. The van der Waals surface area contributed by atoms with Gasteiger partial charge in [-0.05, 0) is 85.1 Å². The molecular weight excluding hydrogens is 532 g/mol. The van der Waals surface area contributed by atoms with Gasteiger partial charge in [0.2, 0.25) is 0 Å². The van der Waals surface area contributed by atoms with E-state index in [0.717, 1.165) is 81.4 Å². The monoisotopic (exact) mass is 567 g/mol. The van der Waals surface area contributed by atoms with E-state index in [9.17, 15) is 21.4 Å². The normalized spacial score (nSPS) is 19.8. The molecule has 6 nitrogen and oxygen atoms in total. The molecule has 6 rings (SSSR count). The van der Waals surface area contributed by atoms with Gasteiger partial charge in [-0.2, -0.15) is 8.42 Å². The highest BCUT2D eigenvalue weighted by Crippen LogP contribution is 2.47. The number of hydrogen-bond acceptors (Lipinski definition) is 6. The first kappa shape index (κ1) is 26.8. The summed E-state index contributed by atoms with van der Waals surface area (Å²) in [7, 11) is -9.00. The zero-order chi connectivity index (χ0) is 27.2. The largest absolute Gasteiger partial charge is 0.744 e. The van der Waals surface area contributed by atoms with Gasteiger partial charge in [-0.25, -0.2) is 8.42 Å². The van der Waals surface area contributed by atoms with Crippen LogP contribution in [0.2, 0.25) is 0 Å². The lowest BCUT2D eigenvalue weighted by Gasteiger charge is -2.25. The van der Waals surface area contributed by atoms with E-state index < -0.39 is 20.2 Å². The number of hydrogen-bond donors (Lipinski definition) is 0. The Morgan fingerprint density at radius 3 is 1.64 bits per heavy atom. The summed E-state index contributed by atoms with van der Waals surface area (Å²) in [6.45, 7) is 0. The maximum Gasteiger partial charge on any atom is 0.339 e. The molecule has 0 N–H and O–H groups in total. The Morgan fingerprint density at radius 1 is 0.641 bits per heavy atom. The van der Waals surface area contributed by atoms with E-state index in [4.69, 9.17) is 4.18 Å². The fourth-order valence-electron chi connectivity index (χ4n) is 7.26. The zero-order valence-electron chi connectivity index (χ0n) is 22.1. The maximum absolute atomic E-state index is 14.3. The van der Waals surface area contributed by atoms with E-state index >= 15 is 0 Å². The van der Waals surface area contributed by atoms with Crippen LogP contribution in [0.25, 0.3) is 10.8 Å². The van der Waals surface area contributed by atoms with Crippen LogP contribution in [0.4, 0.5) is 0 Å². The molecule has 3 aliphatic rings. The molecule has 0 heterocycles. The minimum atomic E-state index is -4.75. The smallest absolute Gasteiger partial charge is 0.339 e. The fourth-order valence-corrected chi connectivity index (χ4v) is 9.43. The molecule has 3 saturated carbocycles. The standard InChI is InChI=1S/C31H36O6S2/c32-38(33,34)30-18-17-29(25-15-7-8-16-26(25)30)37-39(35,36)31-27(22-11-3-4-12-22)19-24(21-9-1-2-10-21)20-28(31)23-13-5-6-14-23/h7-8,15-23H,1-6,9-14H2,(H,32,33,34)/p-1. The van der Waals surface area contributed by atoms with Crippen LogP contribution in [0.5, 0.6) is 5.75 Å². The van der Waals surface area contributed by atoms with Crippen LogP contribution in [0.1, 0.15) is 111 Å². The van der Waals surface area contributed by atoms with Gasteiger partial charge in [-0.1, -0.05) is 74.9 Å². The molecule has 0 aliphatic heterocycles. The van der Waals surface area contributed by atoms with Crippen molar-refractivity contribution < 1.29 is 25.6 Å². The third-order valence-electron chi connectivity index (χ3n) is 9.15. The molecule has 208 valence electrons. The summed E-state index contributed by atoms with van der Waals surface area (Å²) in [5.41, 5.74) is 3.09. The third-order valence-corrected chi connectivity index (χ3v) is 11.4. The molecule has 0 saturated heterocycles. The van der Waals surface area contributed by atoms with Crippen LogP contribution in [0.3, 0.4) is 0 Å². The van der Waals surface area contributed by atoms with Crippen LogP contribution in [0, 0.1) is 0 Å². The number of benzene rings is 3. The Kier molecular flexibility index (Phi) is 7.23. The van der Waals surface area contributed by atoms with E-state index in [-0.39, 0.29) is 33.3 Å². The Bertz CT molecular complexity index is 1550. The van der Waals surface area contributed by atoms with E-state index in [0.29, 0.717) is 10.8 Å². The predicted octanol–water partition coefficient (Wildman–Crippen LogP) is 7.48. The molecule has 3 aliphatic carbocycles. The van der Waals surface area contributed by atoms with E-state index in [1.807, 2.05) is 0 Å². The summed E-state index contributed by atoms with van der Waals surface area (Å²) >= 11 is 0. The van der Waals surface area contributed by atoms with Gasteiger partial charge in [0.05, 0.1) is 4.90 Å². The Hall–Kier alpha value is -2.42. The zero-order valence-corrected chi connectivity index (χ0v) is 23.7. The van der Waals surface area contributed by atoms with Gasteiger partial charge >= 0.3 is 10.1 Å². The van der Waals surface area contributed by atoms with Crippen molar-refractivity contribution in [3.05, 3.63) is 65.2 Å². The van der Waals surface area contributed by atoms with Crippen molar-refractivity contribution in [2.24, 2.45) is 0 Å². The molecule has 0 radical (unpaired) electrons. The summed E-state index contributed by atoms with van der Waals surface area (Å²) < 4.78 is 70.2. The molecule has 3 aromatic carbocycles. The van der Waals surface area contributed by atoms with Gasteiger partial charge in [-0.3, -0.25) is 0 Å². The highest BCUT2D eigenvalue weighted by Gasteiger charge is 2.35. The van der Waals surface area contributed by atoms with Crippen LogP contribution >= 0.6 is 0 Å². The second-order valence-electron chi connectivity index (χ2n) is 11.6. The van der Waals surface area contributed by atoms with Crippen LogP contribution in [-0.4, -0.2) is 21.4 Å². The summed E-state index contributed by atoms with van der Waals surface area (Å²) in [5, 5.41) is 0.439. The molecule has 0 atom stereocenters. The lowest BCUT2D eigenvalue weighted by molar-refractivity contribution is 0.464. The molecule has 8 heteroatoms. The molecule has 0 bridgehead atoms. The van der Waals surface area contributed by atoms with E-state index in [2.05, 4.69) is 12.1 Å². The maximum atomic E-state index is 14.3. The molecule has 0 amide bonds. The second kappa shape index (κ2) is 10.5. The van der Waals surface area contributed by atoms with Gasteiger partial charge < -0.3 is 8.74 Å². The van der Waals surface area contributed by atoms with Crippen LogP contribution in [-0.2, 0) is 20.2 Å². The second-order valence-corrected chi connectivity index (χ2v) is 14.4. The summed E-state index contributed by atoms with van der Waals surface area (Å²) in [6, 6.07) is 13.2. The molecule has 0 unspecified atom stereocenters. The highest BCUT2D eigenvalue weighted by molar-refractivity contribution is 7.87. The lowest BCUT2D eigenvalue weighted by Crippen LogP contribution is -2.18. The van der Waals surface area contributed by atoms with Crippen molar-refractivity contribution in [3.8, 4) is 5.75 Å². The molecular formula is C31H35O6S2-. The lowest BCUT2D eigenvalue weighted by atomic mass is 9.85. The van der Waals surface area contributed by atoms with Gasteiger partial charge in [0.15, 0.2) is 5.75 Å². The van der Waals surface area contributed by atoms with Crippen LogP contribution in [0.15, 0.2) is 58.3 Å². The van der Waals surface area contributed by atoms with Crippen molar-refractivity contribution in [2.75, 3.05) is 0 Å². The minimum Gasteiger partial charge on any atom is -0.744 e. The molecule has 0 aromatic heterocycles. The Labute approximate surface area is 231 Å². The van der Waals surface area contributed by atoms with Crippen LogP contribution < -0.4 is 4.18 Å². The summed E-state index contributed by atoms with van der Waals surface area (Å²) in [5.74, 6) is 0.885. The molecule has 3 aromatic rings. The van der Waals surface area contributed by atoms with E-state index in [1.165, 1.54) is 30.5 Å². The minimum absolute atomic E-state index is 0.0348. The van der Waals surface area contributed by atoms with E-state index in [1.54, 1.807) is 18.2 Å². The quantitative estimate of drug-likeness (QED) is 0.217. The number of fused-ring (bicyclic) bond motifs is 1. The summed E-state index contributed by atoms with van der Waals surface area (Å²) in [4.78, 5) is -0.0605. The number of rotatable bonds is 7. The first-order chi connectivity index (χ1) is 18.7. The highest BCUT2D eigenvalue weighted by atomic mass is 32.2. The Morgan fingerprint density at radius 2 is 1.13 bits per heavy atom. The fraction of sp³-hybridized carbons (Fsp3) is 0.484. The van der Waals surface area contributed by atoms with Gasteiger partial charge in [-0.15, -0.1) is 0 Å². The average Bonchev–Trinajstić information content (AvgIpc) is 3.70. The Balaban J connectivity index is 1.52. The van der Waals surface area contributed by atoms with Gasteiger partial charge in [0.25, 0.3) is 0 Å². The van der Waals surface area contributed by atoms with Crippen molar-refractivity contribution in [1.29, 1.82) is 0 Å². The predicted molar refractivity (Wildman–Crippen MR) is 150 cm³/mol. The van der Waals surface area contributed by atoms with Crippen molar-refractivity contribution >= 4 is 31.0 Å². The van der Waals surface area contributed by atoms with Gasteiger partial charge in [0, 0.05) is 10.8 Å². The van der Waals surface area contributed by atoms with Crippen molar-refractivity contribution in [1.82, 2.24) is 0 Å². The molecule has 3 fully saturated rings. The van der Waals surface area contributed by atoms with Crippen molar-refractivity contribution in [2.45, 2.75) is 105 Å². The average molecular weight is 568 g/mol. The van der Waals surface area contributed by atoms with Gasteiger partial charge in [0.1, 0.15) is 15.0 Å². The topological polar surface area (TPSA) is 101 Å².